The van der Waals surface area contributed by atoms with Crippen LogP contribution in [-0.4, -0.2) is 61.7 Å². The molecule has 230 valence electrons. The molecule has 43 heavy (non-hydrogen) atoms. The molecule has 0 aromatic heterocycles. The molecule has 2 aromatic carbocycles. The fourth-order valence-electron chi connectivity index (χ4n) is 4.82. The number of ether oxygens (including phenoxy) is 3. The minimum Gasteiger partial charge on any atom is -0.469 e. The van der Waals surface area contributed by atoms with Gasteiger partial charge < -0.3 is 30.2 Å². The van der Waals surface area contributed by atoms with E-state index in [2.05, 4.69) is 22.5 Å². The Morgan fingerprint density at radius 1 is 0.884 bits per heavy atom. The summed E-state index contributed by atoms with van der Waals surface area (Å²) in [6.45, 7) is 6.99. The van der Waals surface area contributed by atoms with E-state index in [1.807, 2.05) is 30.3 Å². The van der Waals surface area contributed by atoms with Gasteiger partial charge in [-0.25, -0.2) is 9.59 Å². The van der Waals surface area contributed by atoms with Crippen molar-refractivity contribution in [2.75, 3.05) is 13.7 Å². The van der Waals surface area contributed by atoms with E-state index in [9.17, 15) is 24.0 Å². The second-order valence-corrected chi connectivity index (χ2v) is 10.6. The Bertz CT molecular complexity index is 1270. The summed E-state index contributed by atoms with van der Waals surface area (Å²) >= 11 is 0. The number of benzene rings is 2. The van der Waals surface area contributed by atoms with Crippen molar-refractivity contribution in [3.8, 4) is 0 Å². The van der Waals surface area contributed by atoms with Crippen molar-refractivity contribution in [1.82, 2.24) is 16.0 Å². The lowest BCUT2D eigenvalue weighted by Gasteiger charge is -2.29. The normalized spacial score (nSPS) is 14.4. The van der Waals surface area contributed by atoms with Crippen LogP contribution in [0.5, 0.6) is 0 Å². The average Bonchev–Trinajstić information content (AvgIpc) is 3.44. The first-order chi connectivity index (χ1) is 20.6. The van der Waals surface area contributed by atoms with Gasteiger partial charge in [0, 0.05) is 0 Å². The predicted octanol–water partition coefficient (Wildman–Crippen LogP) is 2.61. The lowest BCUT2D eigenvalue weighted by Crippen LogP contribution is -2.59. The van der Waals surface area contributed by atoms with Crippen LogP contribution in [0.3, 0.4) is 0 Å². The number of hydrogen-bond acceptors (Lipinski definition) is 8. The molecule has 0 heterocycles. The van der Waals surface area contributed by atoms with Gasteiger partial charge in [-0.3, -0.25) is 14.4 Å². The van der Waals surface area contributed by atoms with E-state index in [4.69, 9.17) is 14.2 Å². The fraction of sp³-hybridized carbons (Fsp3) is 0.406. The highest BCUT2D eigenvalue weighted by Crippen LogP contribution is 2.29. The average molecular weight is 594 g/mol. The van der Waals surface area contributed by atoms with Crippen molar-refractivity contribution in [3.63, 3.8) is 0 Å². The van der Waals surface area contributed by atoms with Gasteiger partial charge in [0.25, 0.3) is 0 Å². The molecule has 11 nitrogen and oxygen atoms in total. The zero-order chi connectivity index (χ0) is 31.4. The third-order valence-electron chi connectivity index (χ3n) is 7.12. The summed E-state index contributed by atoms with van der Waals surface area (Å²) in [7, 11) is 1.16. The van der Waals surface area contributed by atoms with Crippen LogP contribution in [0, 0.1) is 11.8 Å². The van der Waals surface area contributed by atoms with E-state index in [1.54, 1.807) is 38.1 Å². The van der Waals surface area contributed by atoms with E-state index in [0.29, 0.717) is 12.8 Å². The van der Waals surface area contributed by atoms with Crippen molar-refractivity contribution >= 4 is 29.8 Å². The predicted molar refractivity (Wildman–Crippen MR) is 157 cm³/mol. The molecule has 0 spiro atoms. The third kappa shape index (κ3) is 9.69. The van der Waals surface area contributed by atoms with E-state index in [0.717, 1.165) is 23.8 Å². The molecule has 0 fully saturated rings. The monoisotopic (exact) mass is 593 g/mol. The lowest BCUT2D eigenvalue weighted by molar-refractivity contribution is -0.148. The van der Waals surface area contributed by atoms with Gasteiger partial charge in [-0.1, -0.05) is 81.1 Å². The Balaban J connectivity index is 1.80. The molecule has 2 aromatic rings. The van der Waals surface area contributed by atoms with Gasteiger partial charge in [0.1, 0.15) is 31.3 Å². The largest absolute Gasteiger partial charge is 0.469 e. The molecular weight excluding hydrogens is 554 g/mol. The first kappa shape index (κ1) is 32.8. The zero-order valence-corrected chi connectivity index (χ0v) is 24.7. The van der Waals surface area contributed by atoms with Crippen LogP contribution in [0.2, 0.25) is 0 Å². The standard InChI is InChI=1S/C32H39N3O8/c1-5-15-42-31(39)27(20(2)3)34-30(38)28(24-16-22-13-9-10-14-23(22)17-24)35-29(37)25(18-26(36)41-4)33-32(40)43-19-21-11-7-6-8-12-21/h5-14,20,24-25,27-28H,1,15-19H2,2-4H3,(H,33,40)(H,34,38)(H,35,37). The molecule has 3 rings (SSSR count). The first-order valence-electron chi connectivity index (χ1n) is 14.1. The highest BCUT2D eigenvalue weighted by atomic mass is 16.5. The molecule has 11 heteroatoms. The maximum absolute atomic E-state index is 13.7. The minimum absolute atomic E-state index is 0.0166. The Morgan fingerprint density at radius 3 is 2.09 bits per heavy atom. The fourth-order valence-corrected chi connectivity index (χ4v) is 4.82. The number of fused-ring (bicyclic) bond motifs is 1. The molecule has 0 saturated carbocycles. The molecule has 0 bridgehead atoms. The molecule has 1 aliphatic carbocycles. The summed E-state index contributed by atoms with van der Waals surface area (Å²) in [4.78, 5) is 64.8. The topological polar surface area (TPSA) is 149 Å². The summed E-state index contributed by atoms with van der Waals surface area (Å²) < 4.78 is 15.1. The number of nitrogens with one attached hydrogen (secondary N) is 3. The molecule has 3 amide bonds. The van der Waals surface area contributed by atoms with Gasteiger partial charge in [0.05, 0.1) is 13.5 Å². The van der Waals surface area contributed by atoms with Crippen LogP contribution in [0.25, 0.3) is 0 Å². The van der Waals surface area contributed by atoms with Crippen molar-refractivity contribution in [2.24, 2.45) is 11.8 Å². The number of alkyl carbamates (subject to hydrolysis) is 1. The molecule has 0 saturated heterocycles. The second kappa shape index (κ2) is 16.1. The number of esters is 2. The van der Waals surface area contributed by atoms with Crippen molar-refractivity contribution in [3.05, 3.63) is 83.9 Å². The summed E-state index contributed by atoms with van der Waals surface area (Å²) in [5, 5.41) is 7.89. The Kier molecular flexibility index (Phi) is 12.3. The van der Waals surface area contributed by atoms with Crippen LogP contribution >= 0.6 is 0 Å². The molecule has 3 N–H and O–H groups in total. The van der Waals surface area contributed by atoms with Gasteiger partial charge in [0.2, 0.25) is 11.8 Å². The van der Waals surface area contributed by atoms with Gasteiger partial charge in [-0.05, 0) is 41.4 Å². The molecule has 3 unspecified atom stereocenters. The van der Waals surface area contributed by atoms with Crippen LogP contribution < -0.4 is 16.0 Å². The molecule has 0 aliphatic heterocycles. The van der Waals surface area contributed by atoms with E-state index >= 15 is 0 Å². The number of hydrogen-bond donors (Lipinski definition) is 3. The first-order valence-corrected chi connectivity index (χ1v) is 14.1. The van der Waals surface area contributed by atoms with E-state index in [1.165, 1.54) is 6.08 Å². The van der Waals surface area contributed by atoms with Crippen molar-refractivity contribution < 1.29 is 38.2 Å². The number of carbonyl (C=O) groups is 5. The highest BCUT2D eigenvalue weighted by Gasteiger charge is 2.38. The number of amides is 3. The zero-order valence-electron chi connectivity index (χ0n) is 24.7. The third-order valence-corrected chi connectivity index (χ3v) is 7.12. The van der Waals surface area contributed by atoms with Crippen LogP contribution in [0.15, 0.2) is 67.3 Å². The van der Waals surface area contributed by atoms with Crippen molar-refractivity contribution in [1.29, 1.82) is 0 Å². The number of rotatable bonds is 14. The van der Waals surface area contributed by atoms with Crippen LogP contribution in [-0.2, 0) is 52.8 Å². The van der Waals surface area contributed by atoms with Gasteiger partial charge in [-0.2, -0.15) is 0 Å². The maximum Gasteiger partial charge on any atom is 0.408 e. The maximum atomic E-state index is 13.7. The number of carbonyl (C=O) groups excluding carboxylic acids is 5. The summed E-state index contributed by atoms with van der Waals surface area (Å²) in [6, 6.07) is 13.2. The van der Waals surface area contributed by atoms with Crippen molar-refractivity contribution in [2.45, 2.75) is 57.8 Å². The molecule has 0 radical (unpaired) electrons. The van der Waals surface area contributed by atoms with Gasteiger partial charge in [-0.15, -0.1) is 0 Å². The SMILES string of the molecule is C=CCOC(=O)C(NC(=O)C(NC(=O)C(CC(=O)OC)NC(=O)OCc1ccccc1)C1Cc2ccccc2C1)C(C)C. The smallest absolute Gasteiger partial charge is 0.408 e. The second-order valence-electron chi connectivity index (χ2n) is 10.6. The van der Waals surface area contributed by atoms with Crippen LogP contribution in [0.1, 0.15) is 37.0 Å². The summed E-state index contributed by atoms with van der Waals surface area (Å²) in [5.41, 5.74) is 2.81. The Morgan fingerprint density at radius 2 is 1.51 bits per heavy atom. The Hall–Kier alpha value is -4.67. The molecular formula is C32H39N3O8. The van der Waals surface area contributed by atoms with E-state index < -0.39 is 54.4 Å². The lowest BCUT2D eigenvalue weighted by atomic mass is 9.94. The highest BCUT2D eigenvalue weighted by molar-refractivity contribution is 5.95. The van der Waals surface area contributed by atoms with Gasteiger partial charge in [0.15, 0.2) is 0 Å². The summed E-state index contributed by atoms with van der Waals surface area (Å²) in [6.07, 6.45) is 0.998. The Labute approximate surface area is 251 Å². The quantitative estimate of drug-likeness (QED) is 0.172. The number of methoxy groups -OCH3 is 1. The molecule has 1 aliphatic rings. The van der Waals surface area contributed by atoms with Crippen LogP contribution in [0.4, 0.5) is 4.79 Å². The molecule has 3 atom stereocenters. The van der Waals surface area contributed by atoms with E-state index in [-0.39, 0.29) is 25.0 Å². The summed E-state index contributed by atoms with van der Waals surface area (Å²) in [5.74, 6) is -3.43. The minimum atomic E-state index is -1.40. The van der Waals surface area contributed by atoms with Gasteiger partial charge >= 0.3 is 18.0 Å².